The van der Waals surface area contributed by atoms with Crippen molar-refractivity contribution in [2.75, 3.05) is 0 Å². The summed E-state index contributed by atoms with van der Waals surface area (Å²) in [5, 5.41) is 13.5. The third kappa shape index (κ3) is 5.27. The molecule has 176 valence electrons. The summed E-state index contributed by atoms with van der Waals surface area (Å²) in [5.74, 6) is -2.93. The Hall–Kier alpha value is -4.73. The van der Waals surface area contributed by atoms with Gasteiger partial charge in [0.15, 0.2) is 6.04 Å². The molecule has 8 nitrogen and oxygen atoms in total. The number of benzene rings is 3. The van der Waals surface area contributed by atoms with Crippen LogP contribution >= 0.6 is 0 Å². The molecule has 2 amide bonds. The van der Waals surface area contributed by atoms with Crippen LogP contribution in [0.15, 0.2) is 82.7 Å². The molecule has 0 bridgehead atoms. The number of nitrogens with zero attached hydrogens (tertiary/aromatic N) is 2. The fraction of sp³-hybridized carbons (Fsp3) is 0.0800. The molecular formula is C25H19F2N5O3. The summed E-state index contributed by atoms with van der Waals surface area (Å²) in [5.41, 5.74) is 2.50. The van der Waals surface area contributed by atoms with Crippen molar-refractivity contribution < 1.29 is 18.4 Å². The number of H-pyrrole nitrogens is 1. The highest BCUT2D eigenvalue weighted by molar-refractivity contribution is 6.01. The molecule has 4 rings (SSSR count). The van der Waals surface area contributed by atoms with E-state index >= 15 is 0 Å². The van der Waals surface area contributed by atoms with Gasteiger partial charge in [0.05, 0.1) is 11.1 Å². The molecule has 3 aromatic carbocycles. The molecule has 1 heterocycles. The van der Waals surface area contributed by atoms with Crippen LogP contribution in [-0.4, -0.2) is 27.7 Å². The van der Waals surface area contributed by atoms with Gasteiger partial charge in [0.2, 0.25) is 0 Å². The van der Waals surface area contributed by atoms with Gasteiger partial charge in [-0.15, -0.1) is 0 Å². The summed E-state index contributed by atoms with van der Waals surface area (Å²) >= 11 is 0. The van der Waals surface area contributed by atoms with E-state index in [1.54, 1.807) is 54.6 Å². The van der Waals surface area contributed by atoms with E-state index in [1.165, 1.54) is 6.92 Å². The molecule has 3 N–H and O–H groups in total. The summed E-state index contributed by atoms with van der Waals surface area (Å²) in [4.78, 5) is 38.3. The van der Waals surface area contributed by atoms with Crippen molar-refractivity contribution in [1.29, 1.82) is 0 Å². The van der Waals surface area contributed by atoms with E-state index in [2.05, 4.69) is 26.0 Å². The van der Waals surface area contributed by atoms with Crippen LogP contribution in [0.3, 0.4) is 0 Å². The van der Waals surface area contributed by atoms with Crippen LogP contribution in [0, 0.1) is 11.6 Å². The molecule has 0 saturated heterocycles. The molecule has 0 radical (unpaired) electrons. The lowest BCUT2D eigenvalue weighted by Gasteiger charge is -2.18. The maximum Gasteiger partial charge on any atom is 0.272 e. The van der Waals surface area contributed by atoms with Gasteiger partial charge in [0.25, 0.3) is 17.4 Å². The Balaban J connectivity index is 1.70. The molecule has 0 spiro atoms. The van der Waals surface area contributed by atoms with Crippen molar-refractivity contribution in [3.63, 3.8) is 0 Å². The van der Waals surface area contributed by atoms with Gasteiger partial charge in [-0.05, 0) is 37.3 Å². The highest BCUT2D eigenvalue weighted by Crippen LogP contribution is 2.20. The minimum Gasteiger partial charge on any atom is -0.335 e. The van der Waals surface area contributed by atoms with E-state index in [4.69, 9.17) is 0 Å². The molecule has 0 aliphatic rings. The normalized spacial score (nSPS) is 12.3. The first-order chi connectivity index (χ1) is 16.8. The summed E-state index contributed by atoms with van der Waals surface area (Å²) in [7, 11) is 0. The number of rotatable bonds is 6. The van der Waals surface area contributed by atoms with Gasteiger partial charge in [-0.2, -0.15) is 10.2 Å². The second-order valence-electron chi connectivity index (χ2n) is 7.59. The fourth-order valence-electron chi connectivity index (χ4n) is 3.45. The lowest BCUT2D eigenvalue weighted by Crippen LogP contribution is -2.40. The molecule has 0 aliphatic heterocycles. The second kappa shape index (κ2) is 10.0. The van der Waals surface area contributed by atoms with E-state index in [-0.39, 0.29) is 22.4 Å². The average molecular weight is 475 g/mol. The van der Waals surface area contributed by atoms with Gasteiger partial charge in [0.1, 0.15) is 17.3 Å². The number of carbonyl (C=O) groups excluding carboxylic acids is 2. The smallest absolute Gasteiger partial charge is 0.272 e. The van der Waals surface area contributed by atoms with Crippen molar-refractivity contribution in [3.05, 3.63) is 112 Å². The van der Waals surface area contributed by atoms with Gasteiger partial charge in [0, 0.05) is 22.6 Å². The van der Waals surface area contributed by atoms with Crippen LogP contribution in [0.1, 0.15) is 34.6 Å². The number of carbonyl (C=O) groups is 2. The van der Waals surface area contributed by atoms with Crippen LogP contribution in [0.25, 0.3) is 10.8 Å². The lowest BCUT2D eigenvalue weighted by atomic mass is 10.0. The summed E-state index contributed by atoms with van der Waals surface area (Å²) in [6.45, 7) is 1.46. The Morgan fingerprint density at radius 1 is 0.914 bits per heavy atom. The third-order valence-electron chi connectivity index (χ3n) is 5.19. The van der Waals surface area contributed by atoms with Crippen LogP contribution < -0.4 is 16.3 Å². The molecule has 0 fully saturated rings. The second-order valence-corrected chi connectivity index (χ2v) is 7.59. The number of aromatic amines is 1. The summed E-state index contributed by atoms with van der Waals surface area (Å²) < 4.78 is 27.1. The van der Waals surface area contributed by atoms with Gasteiger partial charge < -0.3 is 5.32 Å². The minimum atomic E-state index is -1.36. The van der Waals surface area contributed by atoms with E-state index in [9.17, 15) is 23.2 Å². The quantitative estimate of drug-likeness (QED) is 0.293. The molecule has 1 aromatic heterocycles. The minimum absolute atomic E-state index is 0.0895. The summed E-state index contributed by atoms with van der Waals surface area (Å²) in [6, 6.07) is 16.2. The number of hydrogen-bond donors (Lipinski definition) is 3. The zero-order valence-electron chi connectivity index (χ0n) is 18.4. The molecule has 0 aliphatic carbocycles. The number of amides is 2. The summed E-state index contributed by atoms with van der Waals surface area (Å²) in [6.07, 6.45) is 0. The molecule has 0 saturated carbocycles. The molecule has 35 heavy (non-hydrogen) atoms. The number of hydrogen-bond acceptors (Lipinski definition) is 5. The largest absolute Gasteiger partial charge is 0.335 e. The molecule has 4 aromatic rings. The van der Waals surface area contributed by atoms with Crippen LogP contribution in [0.5, 0.6) is 0 Å². The predicted molar refractivity (Wildman–Crippen MR) is 126 cm³/mol. The number of nitrogens with one attached hydrogen (secondary N) is 3. The lowest BCUT2D eigenvalue weighted by molar-refractivity contribution is -0.123. The van der Waals surface area contributed by atoms with Crippen LogP contribution in [0.2, 0.25) is 0 Å². The Bertz CT molecular complexity index is 1480. The Kier molecular flexibility index (Phi) is 6.72. The number of fused-ring (bicyclic) bond motifs is 1. The molecule has 1 unspecified atom stereocenters. The Labute approximate surface area is 197 Å². The van der Waals surface area contributed by atoms with E-state index in [0.717, 1.165) is 18.2 Å². The highest BCUT2D eigenvalue weighted by atomic mass is 19.1. The molecule has 10 heteroatoms. The van der Waals surface area contributed by atoms with Crippen LogP contribution in [0.4, 0.5) is 8.78 Å². The van der Waals surface area contributed by atoms with Crippen LogP contribution in [-0.2, 0) is 4.79 Å². The van der Waals surface area contributed by atoms with Crippen molar-refractivity contribution >= 4 is 28.3 Å². The Morgan fingerprint density at radius 3 is 2.23 bits per heavy atom. The number of aromatic nitrogens is 2. The van der Waals surface area contributed by atoms with Gasteiger partial charge in [-0.1, -0.05) is 36.4 Å². The van der Waals surface area contributed by atoms with Gasteiger partial charge >= 0.3 is 0 Å². The standard InChI is InChI=1S/C25H19F2N5O3/c1-14(16-11-17(26)13-18(27)12-16)29-32-25(35)22(28-23(33)15-7-3-2-4-8-15)21-19-9-5-6-10-20(19)24(34)31-30-21/h2-13,22H,1H3,(H,28,33)(H,31,34)(H,32,35). The van der Waals surface area contributed by atoms with Gasteiger partial charge in [-0.3, -0.25) is 14.4 Å². The van der Waals surface area contributed by atoms with Crippen molar-refractivity contribution in [1.82, 2.24) is 20.9 Å². The van der Waals surface area contributed by atoms with E-state index in [0.29, 0.717) is 10.9 Å². The van der Waals surface area contributed by atoms with Crippen molar-refractivity contribution in [2.45, 2.75) is 13.0 Å². The van der Waals surface area contributed by atoms with Crippen molar-refractivity contribution in [3.8, 4) is 0 Å². The first-order valence-electron chi connectivity index (χ1n) is 10.5. The zero-order valence-corrected chi connectivity index (χ0v) is 18.4. The number of hydrazone groups is 1. The first-order valence-corrected chi connectivity index (χ1v) is 10.5. The topological polar surface area (TPSA) is 116 Å². The monoisotopic (exact) mass is 475 g/mol. The van der Waals surface area contributed by atoms with E-state index in [1.807, 2.05) is 0 Å². The van der Waals surface area contributed by atoms with E-state index < -0.39 is 35.0 Å². The first kappa shape index (κ1) is 23.4. The highest BCUT2D eigenvalue weighted by Gasteiger charge is 2.27. The predicted octanol–water partition coefficient (Wildman–Crippen LogP) is 3.21. The SMILES string of the molecule is CC(=NNC(=O)C(NC(=O)c1ccccc1)c1n[nH]c(=O)c2ccccc12)c1cc(F)cc(F)c1. The Morgan fingerprint density at radius 2 is 1.54 bits per heavy atom. The van der Waals surface area contributed by atoms with Crippen molar-refractivity contribution in [2.24, 2.45) is 5.10 Å². The number of halogens is 2. The average Bonchev–Trinajstić information content (AvgIpc) is 2.86. The zero-order chi connectivity index (χ0) is 24.9. The maximum absolute atomic E-state index is 13.6. The molecule has 1 atom stereocenters. The van der Waals surface area contributed by atoms with Gasteiger partial charge in [-0.25, -0.2) is 19.3 Å². The maximum atomic E-state index is 13.6. The molecular weight excluding hydrogens is 456 g/mol. The third-order valence-corrected chi connectivity index (χ3v) is 5.19. The fourth-order valence-corrected chi connectivity index (χ4v) is 3.45.